The van der Waals surface area contributed by atoms with E-state index >= 15 is 0 Å². The van der Waals surface area contributed by atoms with Crippen LogP contribution < -0.4 is 4.74 Å². The van der Waals surface area contributed by atoms with Crippen molar-refractivity contribution in [1.29, 1.82) is 0 Å². The van der Waals surface area contributed by atoms with Crippen LogP contribution in [-0.2, 0) is 9.53 Å². The smallest absolute Gasteiger partial charge is 0.330 e. The highest BCUT2D eigenvalue weighted by Crippen LogP contribution is 2.32. The van der Waals surface area contributed by atoms with E-state index in [1.807, 2.05) is 0 Å². The zero-order valence-corrected chi connectivity index (χ0v) is 12.1. The lowest BCUT2D eigenvalue weighted by molar-refractivity contribution is -0.385. The van der Waals surface area contributed by atoms with E-state index in [9.17, 15) is 19.3 Å². The molecule has 0 saturated carbocycles. The van der Waals surface area contributed by atoms with Crippen LogP contribution in [0.25, 0.3) is 0 Å². The Morgan fingerprint density at radius 2 is 2.25 bits per heavy atom. The topological polar surface area (TPSA) is 78.7 Å². The van der Waals surface area contributed by atoms with Crippen molar-refractivity contribution in [2.75, 3.05) is 13.2 Å². The van der Waals surface area contributed by atoms with Gasteiger partial charge in [0.25, 0.3) is 0 Å². The fourth-order valence-corrected chi connectivity index (χ4v) is 1.58. The molecule has 0 amide bonds. The van der Waals surface area contributed by atoms with Crippen LogP contribution >= 0.6 is 15.9 Å². The molecule has 0 aliphatic carbocycles. The number of nitro benzene ring substituents is 1. The molecule has 0 N–H and O–H groups in total. The summed E-state index contributed by atoms with van der Waals surface area (Å²) >= 11 is 2.86. The number of rotatable bonds is 6. The first-order valence-electron chi connectivity index (χ1n) is 5.55. The third-order valence-corrected chi connectivity index (χ3v) is 2.68. The number of nitrogens with zero attached hydrogens (tertiary/aromatic N) is 1. The maximum absolute atomic E-state index is 13.3. The van der Waals surface area contributed by atoms with Gasteiger partial charge in [0.2, 0.25) is 0 Å². The van der Waals surface area contributed by atoms with E-state index in [1.165, 1.54) is 6.08 Å². The molecule has 0 aliphatic rings. The maximum atomic E-state index is 13.3. The number of ether oxygens (including phenoxy) is 2. The molecular formula is C12H11BrFNO5. The molecule has 1 aromatic rings. The standard InChI is InChI=1S/C12H11BrFNO5/c1-2-19-12(16)4-3-5-20-11-7-9(14)8(13)6-10(11)15(17)18/h3-4,6-7H,2,5H2,1H3/b4-3+. The number of esters is 1. The zero-order chi connectivity index (χ0) is 15.1. The number of halogens is 2. The van der Waals surface area contributed by atoms with E-state index in [2.05, 4.69) is 20.7 Å². The van der Waals surface area contributed by atoms with Crippen molar-refractivity contribution in [3.05, 3.63) is 44.7 Å². The predicted molar refractivity (Wildman–Crippen MR) is 72.0 cm³/mol. The van der Waals surface area contributed by atoms with Gasteiger partial charge >= 0.3 is 11.7 Å². The first-order chi connectivity index (χ1) is 9.45. The van der Waals surface area contributed by atoms with Crippen LogP contribution in [0.2, 0.25) is 0 Å². The number of carbonyl (C=O) groups excluding carboxylic acids is 1. The summed E-state index contributed by atoms with van der Waals surface area (Å²) in [6.45, 7) is 1.78. The molecule has 0 spiro atoms. The monoisotopic (exact) mass is 347 g/mol. The summed E-state index contributed by atoms with van der Waals surface area (Å²) in [5, 5.41) is 10.8. The lowest BCUT2D eigenvalue weighted by Crippen LogP contribution is -2.02. The Balaban J connectivity index is 2.75. The quantitative estimate of drug-likeness (QED) is 0.342. The third kappa shape index (κ3) is 4.61. The molecule has 0 unspecified atom stereocenters. The van der Waals surface area contributed by atoms with Gasteiger partial charge in [0.05, 0.1) is 16.0 Å². The van der Waals surface area contributed by atoms with Crippen molar-refractivity contribution < 1.29 is 23.6 Å². The van der Waals surface area contributed by atoms with Gasteiger partial charge in [0.15, 0.2) is 5.75 Å². The highest BCUT2D eigenvalue weighted by atomic mass is 79.9. The average molecular weight is 348 g/mol. The molecule has 0 bridgehead atoms. The largest absolute Gasteiger partial charge is 0.482 e. The summed E-state index contributed by atoms with van der Waals surface area (Å²) in [6, 6.07) is 1.92. The first kappa shape index (κ1) is 16.1. The van der Waals surface area contributed by atoms with Crippen LogP contribution in [0.1, 0.15) is 6.92 Å². The third-order valence-electron chi connectivity index (χ3n) is 2.07. The SMILES string of the molecule is CCOC(=O)/C=C/COc1cc(F)c(Br)cc1[N+](=O)[O-]. The van der Waals surface area contributed by atoms with Gasteiger partial charge in [-0.1, -0.05) is 0 Å². The molecule has 0 heterocycles. The fourth-order valence-electron chi connectivity index (χ4n) is 1.25. The van der Waals surface area contributed by atoms with Gasteiger partial charge in [0, 0.05) is 18.2 Å². The van der Waals surface area contributed by atoms with Crippen LogP contribution in [0.5, 0.6) is 5.75 Å². The predicted octanol–water partition coefficient (Wildman–Crippen LogP) is 2.99. The van der Waals surface area contributed by atoms with Crippen LogP contribution in [0.4, 0.5) is 10.1 Å². The lowest BCUT2D eigenvalue weighted by Gasteiger charge is -2.05. The molecule has 1 rings (SSSR count). The number of hydrogen-bond acceptors (Lipinski definition) is 5. The minimum absolute atomic E-state index is 0.0291. The summed E-state index contributed by atoms with van der Waals surface area (Å²) < 4.78 is 23.0. The molecule has 108 valence electrons. The molecule has 0 atom stereocenters. The molecule has 0 saturated heterocycles. The van der Waals surface area contributed by atoms with Crippen molar-refractivity contribution in [3.63, 3.8) is 0 Å². The van der Waals surface area contributed by atoms with E-state index < -0.39 is 16.7 Å². The Bertz CT molecular complexity index is 547. The lowest BCUT2D eigenvalue weighted by atomic mass is 10.3. The van der Waals surface area contributed by atoms with Crippen LogP contribution in [0.3, 0.4) is 0 Å². The summed E-state index contributed by atoms with van der Waals surface area (Å²) in [4.78, 5) is 21.1. The van der Waals surface area contributed by atoms with E-state index in [4.69, 9.17) is 4.74 Å². The minimum Gasteiger partial charge on any atom is -0.482 e. The average Bonchev–Trinajstić information content (AvgIpc) is 2.38. The molecule has 0 aliphatic heterocycles. The summed E-state index contributed by atoms with van der Waals surface area (Å²) in [5.41, 5.74) is -0.372. The molecule has 0 radical (unpaired) electrons. The van der Waals surface area contributed by atoms with Crippen molar-refractivity contribution in [2.45, 2.75) is 6.92 Å². The maximum Gasteiger partial charge on any atom is 0.330 e. The Labute approximate surface area is 122 Å². The second kappa shape index (κ2) is 7.59. The molecule has 0 aromatic heterocycles. The highest BCUT2D eigenvalue weighted by molar-refractivity contribution is 9.10. The Kier molecular flexibility index (Phi) is 6.10. The summed E-state index contributed by atoms with van der Waals surface area (Å²) in [6.07, 6.45) is 2.45. The fraction of sp³-hybridized carbons (Fsp3) is 0.250. The van der Waals surface area contributed by atoms with Crippen molar-refractivity contribution >= 4 is 27.6 Å². The molecule has 20 heavy (non-hydrogen) atoms. The zero-order valence-electron chi connectivity index (χ0n) is 10.5. The number of nitro groups is 1. The van der Waals surface area contributed by atoms with Crippen LogP contribution in [0.15, 0.2) is 28.8 Å². The second-order valence-corrected chi connectivity index (χ2v) is 4.31. The van der Waals surface area contributed by atoms with Gasteiger partial charge in [-0.3, -0.25) is 10.1 Å². The molecular weight excluding hydrogens is 337 g/mol. The van der Waals surface area contributed by atoms with E-state index in [1.54, 1.807) is 6.92 Å². The highest BCUT2D eigenvalue weighted by Gasteiger charge is 2.18. The molecule has 8 heteroatoms. The number of benzene rings is 1. The Hall–Kier alpha value is -1.96. The van der Waals surface area contributed by atoms with Gasteiger partial charge in [-0.15, -0.1) is 0 Å². The summed E-state index contributed by atoms with van der Waals surface area (Å²) in [5.74, 6) is -1.45. The van der Waals surface area contributed by atoms with Crippen LogP contribution in [0, 0.1) is 15.9 Å². The number of carbonyl (C=O) groups is 1. The van der Waals surface area contributed by atoms with Crippen molar-refractivity contribution in [1.82, 2.24) is 0 Å². The van der Waals surface area contributed by atoms with Gasteiger partial charge in [-0.2, -0.15) is 0 Å². The van der Waals surface area contributed by atoms with E-state index in [0.717, 1.165) is 18.2 Å². The normalized spacial score (nSPS) is 10.6. The van der Waals surface area contributed by atoms with E-state index in [0.29, 0.717) is 0 Å². The second-order valence-electron chi connectivity index (χ2n) is 3.46. The first-order valence-corrected chi connectivity index (χ1v) is 6.34. The van der Waals surface area contributed by atoms with Crippen molar-refractivity contribution in [3.8, 4) is 5.75 Å². The van der Waals surface area contributed by atoms with Gasteiger partial charge in [0.1, 0.15) is 12.4 Å². The number of hydrogen-bond donors (Lipinski definition) is 0. The van der Waals surface area contributed by atoms with Gasteiger partial charge < -0.3 is 9.47 Å². The van der Waals surface area contributed by atoms with Crippen molar-refractivity contribution in [2.24, 2.45) is 0 Å². The van der Waals surface area contributed by atoms with Gasteiger partial charge in [-0.25, -0.2) is 9.18 Å². The van der Waals surface area contributed by atoms with Crippen LogP contribution in [-0.4, -0.2) is 24.1 Å². The Morgan fingerprint density at radius 1 is 1.55 bits per heavy atom. The summed E-state index contributed by atoms with van der Waals surface area (Å²) in [7, 11) is 0. The Morgan fingerprint density at radius 3 is 2.85 bits per heavy atom. The molecule has 1 aromatic carbocycles. The molecule has 0 fully saturated rings. The van der Waals surface area contributed by atoms with E-state index in [-0.39, 0.29) is 29.1 Å². The molecule has 6 nitrogen and oxygen atoms in total. The van der Waals surface area contributed by atoms with Gasteiger partial charge in [-0.05, 0) is 28.9 Å². The minimum atomic E-state index is -0.686.